The van der Waals surface area contributed by atoms with Crippen LogP contribution in [0, 0.1) is 17.5 Å². The average molecular weight is 237 g/mol. The largest absolute Gasteiger partial charge is 0.320 e. The van der Waals surface area contributed by atoms with Crippen molar-refractivity contribution in [2.24, 2.45) is 5.73 Å². The predicted molar refractivity (Wildman–Crippen MR) is 58.8 cm³/mol. The fourth-order valence-electron chi connectivity index (χ4n) is 1.63. The molecular formula is C13H10F3N. The third kappa shape index (κ3) is 2.47. The van der Waals surface area contributed by atoms with E-state index in [4.69, 9.17) is 5.73 Å². The molecule has 88 valence electrons. The molecule has 0 aliphatic rings. The van der Waals surface area contributed by atoms with Gasteiger partial charge in [-0.1, -0.05) is 12.1 Å². The molecule has 0 aromatic heterocycles. The molecule has 0 aliphatic heterocycles. The molecule has 1 nitrogen and oxygen atoms in total. The van der Waals surface area contributed by atoms with E-state index >= 15 is 0 Å². The fourth-order valence-corrected chi connectivity index (χ4v) is 1.63. The zero-order chi connectivity index (χ0) is 12.4. The van der Waals surface area contributed by atoms with E-state index in [2.05, 4.69) is 0 Å². The summed E-state index contributed by atoms with van der Waals surface area (Å²) >= 11 is 0. The van der Waals surface area contributed by atoms with Crippen LogP contribution in [0.1, 0.15) is 17.2 Å². The van der Waals surface area contributed by atoms with Gasteiger partial charge in [0.15, 0.2) is 0 Å². The molecule has 0 amide bonds. The number of hydrogen-bond acceptors (Lipinski definition) is 1. The molecule has 0 bridgehead atoms. The van der Waals surface area contributed by atoms with E-state index in [0.717, 1.165) is 18.2 Å². The second kappa shape index (κ2) is 4.59. The van der Waals surface area contributed by atoms with Gasteiger partial charge in [0.25, 0.3) is 0 Å². The van der Waals surface area contributed by atoms with E-state index in [1.54, 1.807) is 6.07 Å². The van der Waals surface area contributed by atoms with Crippen LogP contribution in [0.4, 0.5) is 13.2 Å². The van der Waals surface area contributed by atoms with Crippen LogP contribution in [0.5, 0.6) is 0 Å². The maximum atomic E-state index is 13.5. The highest BCUT2D eigenvalue weighted by Crippen LogP contribution is 2.23. The zero-order valence-electron chi connectivity index (χ0n) is 8.83. The first-order valence-corrected chi connectivity index (χ1v) is 5.04. The summed E-state index contributed by atoms with van der Waals surface area (Å²) in [6.07, 6.45) is 0. The van der Waals surface area contributed by atoms with Crippen LogP contribution in [0.15, 0.2) is 42.5 Å². The molecule has 2 aromatic rings. The van der Waals surface area contributed by atoms with Crippen molar-refractivity contribution in [1.82, 2.24) is 0 Å². The first-order valence-electron chi connectivity index (χ1n) is 5.04. The summed E-state index contributed by atoms with van der Waals surface area (Å²) in [5.41, 5.74) is 6.19. The van der Waals surface area contributed by atoms with Crippen LogP contribution >= 0.6 is 0 Å². The summed E-state index contributed by atoms with van der Waals surface area (Å²) in [5.74, 6) is -1.65. The van der Waals surface area contributed by atoms with Gasteiger partial charge in [0, 0.05) is 5.56 Å². The molecule has 0 saturated heterocycles. The van der Waals surface area contributed by atoms with Gasteiger partial charge in [-0.2, -0.15) is 0 Å². The normalized spacial score (nSPS) is 12.5. The lowest BCUT2D eigenvalue weighted by atomic mass is 9.99. The van der Waals surface area contributed by atoms with Crippen molar-refractivity contribution in [1.29, 1.82) is 0 Å². The monoisotopic (exact) mass is 237 g/mol. The zero-order valence-corrected chi connectivity index (χ0v) is 8.83. The van der Waals surface area contributed by atoms with E-state index in [0.29, 0.717) is 5.56 Å². The Morgan fingerprint density at radius 2 is 1.59 bits per heavy atom. The number of halogens is 3. The lowest BCUT2D eigenvalue weighted by molar-refractivity contribution is 0.575. The molecule has 2 rings (SSSR count). The van der Waals surface area contributed by atoms with Gasteiger partial charge in [-0.25, -0.2) is 13.2 Å². The van der Waals surface area contributed by atoms with Crippen LogP contribution in [0.2, 0.25) is 0 Å². The lowest BCUT2D eigenvalue weighted by Gasteiger charge is -2.13. The van der Waals surface area contributed by atoms with Crippen molar-refractivity contribution in [3.05, 3.63) is 71.0 Å². The summed E-state index contributed by atoms with van der Waals surface area (Å²) < 4.78 is 39.5. The van der Waals surface area contributed by atoms with E-state index in [9.17, 15) is 13.2 Å². The molecular weight excluding hydrogens is 227 g/mol. The maximum Gasteiger partial charge on any atom is 0.128 e. The van der Waals surface area contributed by atoms with Gasteiger partial charge in [0.1, 0.15) is 17.5 Å². The summed E-state index contributed by atoms with van der Waals surface area (Å²) in [5, 5.41) is 0. The van der Waals surface area contributed by atoms with Crippen molar-refractivity contribution in [3.8, 4) is 0 Å². The third-order valence-corrected chi connectivity index (χ3v) is 2.50. The van der Waals surface area contributed by atoms with Crippen LogP contribution in [0.3, 0.4) is 0 Å². The van der Waals surface area contributed by atoms with Crippen molar-refractivity contribution in [2.45, 2.75) is 6.04 Å². The first-order chi connectivity index (χ1) is 8.08. The summed E-state index contributed by atoms with van der Waals surface area (Å²) in [7, 11) is 0. The Hall–Kier alpha value is -1.81. The highest BCUT2D eigenvalue weighted by Gasteiger charge is 2.14. The van der Waals surface area contributed by atoms with Crippen molar-refractivity contribution in [3.63, 3.8) is 0 Å². The minimum Gasteiger partial charge on any atom is -0.320 e. The number of rotatable bonds is 2. The molecule has 1 atom stereocenters. The molecule has 0 saturated carbocycles. The highest BCUT2D eigenvalue weighted by atomic mass is 19.1. The van der Waals surface area contributed by atoms with Gasteiger partial charge in [0.2, 0.25) is 0 Å². The van der Waals surface area contributed by atoms with Gasteiger partial charge in [-0.05, 0) is 35.9 Å². The molecule has 0 spiro atoms. The molecule has 0 radical (unpaired) electrons. The van der Waals surface area contributed by atoms with Gasteiger partial charge in [0.05, 0.1) is 6.04 Å². The summed E-state index contributed by atoms with van der Waals surface area (Å²) in [4.78, 5) is 0. The third-order valence-electron chi connectivity index (χ3n) is 2.50. The average Bonchev–Trinajstić information content (AvgIpc) is 2.31. The van der Waals surface area contributed by atoms with Gasteiger partial charge in [-0.15, -0.1) is 0 Å². The standard InChI is InChI=1S/C13H10F3N/c14-9-3-1-2-8(6-9)13(17)11-7-10(15)4-5-12(11)16/h1-7,13H,17H2. The van der Waals surface area contributed by atoms with Crippen molar-refractivity contribution < 1.29 is 13.2 Å². The number of hydrogen-bond donors (Lipinski definition) is 1. The quantitative estimate of drug-likeness (QED) is 0.853. The van der Waals surface area contributed by atoms with Crippen LogP contribution in [-0.4, -0.2) is 0 Å². The Bertz CT molecular complexity index is 540. The summed E-state index contributed by atoms with van der Waals surface area (Å²) in [6, 6.07) is 7.65. The Balaban J connectivity index is 2.43. The van der Waals surface area contributed by atoms with Gasteiger partial charge in [-0.3, -0.25) is 0 Å². The second-order valence-corrected chi connectivity index (χ2v) is 3.70. The van der Waals surface area contributed by atoms with Gasteiger partial charge < -0.3 is 5.73 Å². The molecule has 4 heteroatoms. The molecule has 17 heavy (non-hydrogen) atoms. The molecule has 1 unspecified atom stereocenters. The van der Waals surface area contributed by atoms with Gasteiger partial charge >= 0.3 is 0 Å². The maximum absolute atomic E-state index is 13.5. The molecule has 2 N–H and O–H groups in total. The topological polar surface area (TPSA) is 26.0 Å². The van der Waals surface area contributed by atoms with Crippen molar-refractivity contribution in [2.75, 3.05) is 0 Å². The summed E-state index contributed by atoms with van der Waals surface area (Å²) in [6.45, 7) is 0. The Kier molecular flexibility index (Phi) is 3.15. The highest BCUT2D eigenvalue weighted by molar-refractivity contribution is 5.32. The molecule has 0 aliphatic carbocycles. The Morgan fingerprint density at radius 1 is 0.882 bits per heavy atom. The first kappa shape index (κ1) is 11.7. The van der Waals surface area contributed by atoms with Crippen LogP contribution < -0.4 is 5.73 Å². The fraction of sp³-hybridized carbons (Fsp3) is 0.0769. The SMILES string of the molecule is NC(c1cccc(F)c1)c1cc(F)ccc1F. The molecule has 0 fully saturated rings. The van der Waals surface area contributed by atoms with Crippen LogP contribution in [0.25, 0.3) is 0 Å². The van der Waals surface area contributed by atoms with E-state index < -0.39 is 23.5 Å². The number of benzene rings is 2. The number of nitrogens with two attached hydrogens (primary N) is 1. The molecule has 0 heterocycles. The second-order valence-electron chi connectivity index (χ2n) is 3.70. The smallest absolute Gasteiger partial charge is 0.128 e. The molecule has 2 aromatic carbocycles. The minimum absolute atomic E-state index is 0.00981. The van der Waals surface area contributed by atoms with Crippen LogP contribution in [-0.2, 0) is 0 Å². The van der Waals surface area contributed by atoms with Crippen molar-refractivity contribution >= 4 is 0 Å². The Morgan fingerprint density at radius 3 is 2.29 bits per heavy atom. The lowest BCUT2D eigenvalue weighted by Crippen LogP contribution is -2.14. The Labute approximate surface area is 96.7 Å². The minimum atomic E-state index is -0.888. The van der Waals surface area contributed by atoms with E-state index in [1.807, 2.05) is 0 Å². The van der Waals surface area contributed by atoms with E-state index in [1.165, 1.54) is 18.2 Å². The predicted octanol–water partition coefficient (Wildman–Crippen LogP) is 3.15. The van der Waals surface area contributed by atoms with E-state index in [-0.39, 0.29) is 5.56 Å².